The summed E-state index contributed by atoms with van der Waals surface area (Å²) in [6.45, 7) is 3.89. The van der Waals surface area contributed by atoms with E-state index < -0.39 is 0 Å². The maximum Gasteiger partial charge on any atom is 0.288 e. The largest absolute Gasteiger partial charge is 0.352 e. The highest BCUT2D eigenvalue weighted by Gasteiger charge is 2.13. The van der Waals surface area contributed by atoms with Crippen molar-refractivity contribution in [1.29, 1.82) is 0 Å². The lowest BCUT2D eigenvalue weighted by Crippen LogP contribution is -2.23. The first-order chi connectivity index (χ1) is 5.66. The van der Waals surface area contributed by atoms with Crippen molar-refractivity contribution >= 4 is 5.91 Å². The van der Waals surface area contributed by atoms with Crippen molar-refractivity contribution in [3.63, 3.8) is 0 Å². The quantitative estimate of drug-likeness (QED) is 0.687. The van der Waals surface area contributed by atoms with Crippen LogP contribution in [0.1, 0.15) is 30.5 Å². The van der Waals surface area contributed by atoms with Gasteiger partial charge in [-0.3, -0.25) is 4.79 Å². The smallest absolute Gasteiger partial charge is 0.288 e. The molecule has 1 amide bonds. The van der Waals surface area contributed by atoms with E-state index in [1.54, 1.807) is 11.7 Å². The first-order valence-electron chi connectivity index (χ1n) is 3.78. The molecule has 0 bridgehead atoms. The van der Waals surface area contributed by atoms with Crippen molar-refractivity contribution in [1.82, 2.24) is 20.1 Å². The highest BCUT2D eigenvalue weighted by molar-refractivity contribution is 5.90. The van der Waals surface area contributed by atoms with Gasteiger partial charge in [0.2, 0.25) is 5.82 Å². The third kappa shape index (κ3) is 1.44. The summed E-state index contributed by atoms with van der Waals surface area (Å²) < 4.78 is 1.58. The van der Waals surface area contributed by atoms with E-state index in [0.29, 0.717) is 5.82 Å². The average molecular weight is 168 g/mol. The summed E-state index contributed by atoms with van der Waals surface area (Å²) in [5.41, 5.74) is 0. The molecule has 1 heterocycles. The van der Waals surface area contributed by atoms with Crippen molar-refractivity contribution in [2.24, 2.45) is 0 Å². The van der Waals surface area contributed by atoms with Gasteiger partial charge in [-0.25, -0.2) is 9.67 Å². The van der Waals surface area contributed by atoms with Gasteiger partial charge >= 0.3 is 0 Å². The zero-order chi connectivity index (χ0) is 9.14. The lowest BCUT2D eigenvalue weighted by molar-refractivity contribution is 0.0945. The zero-order valence-electron chi connectivity index (χ0n) is 7.40. The molecule has 0 aliphatic carbocycles. The molecule has 0 aromatic carbocycles. The van der Waals surface area contributed by atoms with Crippen LogP contribution in [0.5, 0.6) is 0 Å². The van der Waals surface area contributed by atoms with Crippen molar-refractivity contribution in [2.45, 2.75) is 19.9 Å². The number of hydrogen-bond donors (Lipinski definition) is 1. The molecule has 0 fully saturated rings. The molecule has 1 aromatic rings. The topological polar surface area (TPSA) is 59.8 Å². The second-order valence-electron chi connectivity index (χ2n) is 2.70. The Labute approximate surface area is 70.8 Å². The van der Waals surface area contributed by atoms with Crippen LogP contribution in [0.4, 0.5) is 0 Å². The van der Waals surface area contributed by atoms with E-state index in [2.05, 4.69) is 15.4 Å². The first kappa shape index (κ1) is 8.70. The number of carbonyl (C=O) groups excluding carboxylic acids is 1. The molecular weight excluding hydrogens is 156 g/mol. The number of rotatable bonds is 2. The predicted octanol–water partition coefficient (Wildman–Crippen LogP) is 0.219. The molecule has 0 radical (unpaired) electrons. The summed E-state index contributed by atoms with van der Waals surface area (Å²) >= 11 is 0. The first-order valence-corrected chi connectivity index (χ1v) is 3.78. The van der Waals surface area contributed by atoms with Gasteiger partial charge in [-0.15, -0.1) is 0 Å². The minimum Gasteiger partial charge on any atom is -0.352 e. The van der Waals surface area contributed by atoms with Gasteiger partial charge in [-0.05, 0) is 13.8 Å². The van der Waals surface area contributed by atoms with Crippen LogP contribution in [-0.2, 0) is 0 Å². The third-order valence-electron chi connectivity index (χ3n) is 1.49. The van der Waals surface area contributed by atoms with E-state index in [0.717, 1.165) is 0 Å². The minimum atomic E-state index is -0.207. The summed E-state index contributed by atoms with van der Waals surface area (Å²) in [6, 6.07) is 0.153. The molecule has 12 heavy (non-hydrogen) atoms. The fourth-order valence-electron chi connectivity index (χ4n) is 0.902. The van der Waals surface area contributed by atoms with E-state index in [1.165, 1.54) is 6.33 Å². The molecule has 1 N–H and O–H groups in total. The van der Waals surface area contributed by atoms with Crippen LogP contribution in [0, 0.1) is 0 Å². The lowest BCUT2D eigenvalue weighted by atomic mass is 10.4. The Morgan fingerprint density at radius 2 is 2.33 bits per heavy atom. The summed E-state index contributed by atoms with van der Waals surface area (Å²) in [5.74, 6) is 0.147. The van der Waals surface area contributed by atoms with E-state index in [9.17, 15) is 4.79 Å². The number of amides is 1. The molecule has 0 spiro atoms. The Morgan fingerprint density at radius 3 is 2.83 bits per heavy atom. The van der Waals surface area contributed by atoms with Gasteiger partial charge in [0.25, 0.3) is 5.91 Å². The van der Waals surface area contributed by atoms with Crippen LogP contribution < -0.4 is 5.32 Å². The van der Waals surface area contributed by atoms with Gasteiger partial charge in [-0.1, -0.05) is 0 Å². The molecule has 0 aliphatic rings. The standard InChI is InChI=1S/C7H12N4O/c1-5(2)11-6(7(12)8-3)9-4-10-11/h4-5H,1-3H3,(H,8,12). The van der Waals surface area contributed by atoms with Gasteiger partial charge in [0.05, 0.1) is 0 Å². The third-order valence-corrected chi connectivity index (χ3v) is 1.49. The molecular formula is C7H12N4O. The number of nitrogens with one attached hydrogen (secondary N) is 1. The SMILES string of the molecule is CNC(=O)c1ncnn1C(C)C. The van der Waals surface area contributed by atoms with Gasteiger partial charge in [0, 0.05) is 13.1 Å². The van der Waals surface area contributed by atoms with Crippen LogP contribution >= 0.6 is 0 Å². The minimum absolute atomic E-state index is 0.153. The molecule has 66 valence electrons. The average Bonchev–Trinajstić information content (AvgIpc) is 2.50. The molecule has 0 saturated heterocycles. The molecule has 0 unspecified atom stereocenters. The number of aromatic nitrogens is 3. The van der Waals surface area contributed by atoms with Gasteiger partial charge in [0.15, 0.2) is 0 Å². The number of nitrogens with zero attached hydrogens (tertiary/aromatic N) is 3. The fourth-order valence-corrected chi connectivity index (χ4v) is 0.902. The van der Waals surface area contributed by atoms with Crippen molar-refractivity contribution < 1.29 is 4.79 Å². The zero-order valence-corrected chi connectivity index (χ0v) is 7.40. The summed E-state index contributed by atoms with van der Waals surface area (Å²) in [5, 5.41) is 6.43. The van der Waals surface area contributed by atoms with Crippen LogP contribution in [-0.4, -0.2) is 27.7 Å². The predicted molar refractivity (Wildman–Crippen MR) is 43.8 cm³/mol. The molecule has 5 heteroatoms. The highest BCUT2D eigenvalue weighted by atomic mass is 16.2. The normalized spacial score (nSPS) is 10.3. The van der Waals surface area contributed by atoms with E-state index in [1.807, 2.05) is 13.8 Å². The van der Waals surface area contributed by atoms with Crippen molar-refractivity contribution in [3.8, 4) is 0 Å². The monoisotopic (exact) mass is 168 g/mol. The Hall–Kier alpha value is -1.39. The van der Waals surface area contributed by atoms with Crippen LogP contribution in [0.3, 0.4) is 0 Å². The molecule has 0 aliphatic heterocycles. The van der Waals surface area contributed by atoms with Gasteiger partial charge < -0.3 is 5.32 Å². The number of carbonyl (C=O) groups is 1. The molecule has 0 atom stereocenters. The van der Waals surface area contributed by atoms with Crippen LogP contribution in [0.2, 0.25) is 0 Å². The Balaban J connectivity index is 2.99. The Kier molecular flexibility index (Phi) is 2.42. The Bertz CT molecular complexity index is 279. The van der Waals surface area contributed by atoms with Gasteiger partial charge in [-0.2, -0.15) is 5.10 Å². The Morgan fingerprint density at radius 1 is 1.67 bits per heavy atom. The summed E-state index contributed by atoms with van der Waals surface area (Å²) in [4.78, 5) is 15.0. The van der Waals surface area contributed by atoms with Crippen LogP contribution in [0.25, 0.3) is 0 Å². The second-order valence-corrected chi connectivity index (χ2v) is 2.70. The molecule has 1 aromatic heterocycles. The summed E-state index contributed by atoms with van der Waals surface area (Å²) in [7, 11) is 1.57. The van der Waals surface area contributed by atoms with E-state index in [-0.39, 0.29) is 11.9 Å². The maximum absolute atomic E-state index is 11.2. The van der Waals surface area contributed by atoms with E-state index >= 15 is 0 Å². The molecule has 5 nitrogen and oxygen atoms in total. The molecule has 0 saturated carbocycles. The van der Waals surface area contributed by atoms with Crippen molar-refractivity contribution in [3.05, 3.63) is 12.2 Å². The number of hydrogen-bond acceptors (Lipinski definition) is 3. The van der Waals surface area contributed by atoms with Crippen LogP contribution in [0.15, 0.2) is 6.33 Å². The molecule has 1 rings (SSSR count). The lowest BCUT2D eigenvalue weighted by Gasteiger charge is -2.07. The summed E-state index contributed by atoms with van der Waals surface area (Å²) in [6.07, 6.45) is 1.38. The highest BCUT2D eigenvalue weighted by Crippen LogP contribution is 2.04. The van der Waals surface area contributed by atoms with Crippen molar-refractivity contribution in [2.75, 3.05) is 7.05 Å². The second kappa shape index (κ2) is 3.34. The fraction of sp³-hybridized carbons (Fsp3) is 0.571. The van der Waals surface area contributed by atoms with Gasteiger partial charge in [0.1, 0.15) is 6.33 Å². The van der Waals surface area contributed by atoms with E-state index in [4.69, 9.17) is 0 Å². The maximum atomic E-state index is 11.2.